The lowest BCUT2D eigenvalue weighted by molar-refractivity contribution is 0.357. The van der Waals surface area contributed by atoms with Crippen LogP contribution in [0.1, 0.15) is 5.56 Å². The van der Waals surface area contributed by atoms with Gasteiger partial charge >= 0.3 is 0 Å². The first-order chi connectivity index (χ1) is 13.2. The molecule has 8 heteroatoms. The fourth-order valence-corrected chi connectivity index (χ4v) is 5.51. The Kier molecular flexibility index (Phi) is 3.84. The smallest absolute Gasteiger partial charge is 0.268 e. The number of hydrogen-bond acceptors (Lipinski definition) is 6. The summed E-state index contributed by atoms with van der Waals surface area (Å²) in [6.07, 6.45) is 4.03. The molecule has 0 bridgehead atoms. The molecular formula is C19H20N4O3S. The Morgan fingerprint density at radius 2 is 1.96 bits per heavy atom. The van der Waals surface area contributed by atoms with Crippen molar-refractivity contribution in [3.05, 3.63) is 48.3 Å². The van der Waals surface area contributed by atoms with Gasteiger partial charge in [-0.25, -0.2) is 12.4 Å². The normalized spacial score (nSPS) is 17.1. The van der Waals surface area contributed by atoms with Gasteiger partial charge in [-0.2, -0.15) is 0 Å². The SMILES string of the molecule is O=S(=O)(c1cccc2c1CCO2)n1cc(N2CCNCC2)c2ncccc21. The molecule has 2 aliphatic rings. The first-order valence-corrected chi connectivity index (χ1v) is 10.5. The monoisotopic (exact) mass is 384 g/mol. The van der Waals surface area contributed by atoms with Crippen molar-refractivity contribution < 1.29 is 13.2 Å². The van der Waals surface area contributed by atoms with E-state index in [1.54, 1.807) is 30.6 Å². The maximum Gasteiger partial charge on any atom is 0.268 e. The summed E-state index contributed by atoms with van der Waals surface area (Å²) in [5, 5.41) is 3.32. The first kappa shape index (κ1) is 16.6. The molecule has 0 spiro atoms. The lowest BCUT2D eigenvalue weighted by Gasteiger charge is -2.28. The number of aromatic nitrogens is 2. The minimum absolute atomic E-state index is 0.310. The Labute approximate surface area is 157 Å². The minimum atomic E-state index is -3.75. The number of fused-ring (bicyclic) bond motifs is 2. The van der Waals surface area contributed by atoms with Gasteiger partial charge in [0.25, 0.3) is 10.0 Å². The number of nitrogens with zero attached hydrogens (tertiary/aromatic N) is 3. The van der Waals surface area contributed by atoms with Crippen molar-refractivity contribution in [3.63, 3.8) is 0 Å². The van der Waals surface area contributed by atoms with Crippen molar-refractivity contribution >= 4 is 26.7 Å². The van der Waals surface area contributed by atoms with Crippen LogP contribution in [-0.2, 0) is 16.4 Å². The molecule has 140 valence electrons. The molecule has 1 fully saturated rings. The fraction of sp³-hybridized carbons (Fsp3) is 0.316. The summed E-state index contributed by atoms with van der Waals surface area (Å²) in [4.78, 5) is 6.99. The van der Waals surface area contributed by atoms with Gasteiger partial charge in [0.1, 0.15) is 11.3 Å². The van der Waals surface area contributed by atoms with E-state index in [1.165, 1.54) is 3.97 Å². The van der Waals surface area contributed by atoms with Crippen molar-refractivity contribution in [2.45, 2.75) is 11.3 Å². The molecule has 1 aromatic carbocycles. The molecular weight excluding hydrogens is 364 g/mol. The van der Waals surface area contributed by atoms with Crippen molar-refractivity contribution in [2.24, 2.45) is 0 Å². The second-order valence-corrected chi connectivity index (χ2v) is 8.54. The molecule has 2 aromatic heterocycles. The Morgan fingerprint density at radius 1 is 1.11 bits per heavy atom. The van der Waals surface area contributed by atoms with Crippen molar-refractivity contribution in [3.8, 4) is 5.75 Å². The van der Waals surface area contributed by atoms with Gasteiger partial charge in [0.15, 0.2) is 0 Å². The highest BCUT2D eigenvalue weighted by molar-refractivity contribution is 7.90. The number of hydrogen-bond donors (Lipinski definition) is 1. The zero-order valence-corrected chi connectivity index (χ0v) is 15.6. The minimum Gasteiger partial charge on any atom is -0.493 e. The third-order valence-electron chi connectivity index (χ3n) is 5.20. The average Bonchev–Trinajstić information content (AvgIpc) is 3.33. The van der Waals surface area contributed by atoms with Gasteiger partial charge in [-0.15, -0.1) is 0 Å². The number of ether oxygens (including phenoxy) is 1. The van der Waals surface area contributed by atoms with E-state index in [-0.39, 0.29) is 0 Å². The predicted molar refractivity (Wildman–Crippen MR) is 103 cm³/mol. The second kappa shape index (κ2) is 6.24. The Morgan fingerprint density at radius 3 is 2.81 bits per heavy atom. The first-order valence-electron chi connectivity index (χ1n) is 9.08. The van der Waals surface area contributed by atoms with Gasteiger partial charge in [-0.1, -0.05) is 6.07 Å². The number of rotatable bonds is 3. The lowest BCUT2D eigenvalue weighted by atomic mass is 10.2. The molecule has 3 aromatic rings. The number of pyridine rings is 1. The van der Waals surface area contributed by atoms with Crippen molar-refractivity contribution in [2.75, 3.05) is 37.7 Å². The summed E-state index contributed by atoms with van der Waals surface area (Å²) in [5.41, 5.74) is 2.93. The molecule has 0 aliphatic carbocycles. The average molecular weight is 384 g/mol. The van der Waals surface area contributed by atoms with Crippen molar-refractivity contribution in [1.29, 1.82) is 0 Å². The quantitative estimate of drug-likeness (QED) is 0.740. The summed E-state index contributed by atoms with van der Waals surface area (Å²) in [6, 6.07) is 8.80. The third-order valence-corrected chi connectivity index (χ3v) is 6.96. The van der Waals surface area contributed by atoms with Gasteiger partial charge in [0.2, 0.25) is 0 Å². The molecule has 0 atom stereocenters. The predicted octanol–water partition coefficient (Wildman–Crippen LogP) is 1.62. The third kappa shape index (κ3) is 2.59. The highest BCUT2D eigenvalue weighted by Crippen LogP contribution is 2.35. The summed E-state index contributed by atoms with van der Waals surface area (Å²) in [7, 11) is -3.75. The van der Waals surface area contributed by atoms with E-state index < -0.39 is 10.0 Å². The van der Waals surface area contributed by atoms with E-state index in [1.807, 2.05) is 12.1 Å². The molecule has 5 rings (SSSR count). The van der Waals surface area contributed by atoms with E-state index in [0.29, 0.717) is 34.7 Å². The van der Waals surface area contributed by atoms with Gasteiger partial charge in [0.05, 0.1) is 22.7 Å². The molecule has 7 nitrogen and oxygen atoms in total. The maximum absolute atomic E-state index is 13.6. The highest BCUT2D eigenvalue weighted by atomic mass is 32.2. The van der Waals surface area contributed by atoms with E-state index in [4.69, 9.17) is 4.74 Å². The molecule has 0 amide bonds. The highest BCUT2D eigenvalue weighted by Gasteiger charge is 2.29. The molecule has 1 N–H and O–H groups in total. The van der Waals surface area contributed by atoms with Gasteiger partial charge in [-0.3, -0.25) is 4.98 Å². The Bertz CT molecular complexity index is 1120. The molecule has 27 heavy (non-hydrogen) atoms. The molecule has 0 radical (unpaired) electrons. The van der Waals surface area contributed by atoms with Crippen LogP contribution in [-0.4, -0.2) is 50.2 Å². The zero-order chi connectivity index (χ0) is 18.4. The standard InChI is InChI=1S/C19H20N4O3S/c24-27(25,18-5-1-4-17-14(18)6-12-26-17)23-13-16(22-10-8-20-9-11-22)19-15(23)3-2-7-21-19/h1-5,7,13,20H,6,8-12H2. The van der Waals surface area contributed by atoms with E-state index in [9.17, 15) is 8.42 Å². The van der Waals surface area contributed by atoms with Crippen molar-refractivity contribution in [1.82, 2.24) is 14.3 Å². The van der Waals surface area contributed by atoms with E-state index >= 15 is 0 Å². The van der Waals surface area contributed by atoms with Gasteiger partial charge < -0.3 is 15.0 Å². The molecule has 1 saturated heterocycles. The largest absolute Gasteiger partial charge is 0.493 e. The molecule has 2 aliphatic heterocycles. The number of piperazine rings is 1. The summed E-state index contributed by atoms with van der Waals surface area (Å²) >= 11 is 0. The molecule has 0 unspecified atom stereocenters. The topological polar surface area (TPSA) is 76.5 Å². The fourth-order valence-electron chi connectivity index (χ4n) is 3.89. The van der Waals surface area contributed by atoms with Crippen LogP contribution in [0.2, 0.25) is 0 Å². The van der Waals surface area contributed by atoms with Crippen LogP contribution in [0.4, 0.5) is 5.69 Å². The van der Waals surface area contributed by atoms with Crippen LogP contribution >= 0.6 is 0 Å². The van der Waals surface area contributed by atoms with Crippen LogP contribution in [0.15, 0.2) is 47.6 Å². The maximum atomic E-state index is 13.6. The molecule has 4 heterocycles. The lowest BCUT2D eigenvalue weighted by Crippen LogP contribution is -2.43. The van der Waals surface area contributed by atoms with Crippen LogP contribution < -0.4 is 15.0 Å². The summed E-state index contributed by atoms with van der Waals surface area (Å²) in [5.74, 6) is 0.660. The Balaban J connectivity index is 1.70. The second-order valence-electron chi connectivity index (χ2n) is 6.75. The zero-order valence-electron chi connectivity index (χ0n) is 14.8. The Hall–Kier alpha value is -2.58. The van der Waals surface area contributed by atoms with Crippen LogP contribution in [0.5, 0.6) is 5.75 Å². The summed E-state index contributed by atoms with van der Waals surface area (Å²) in [6.45, 7) is 3.90. The van der Waals surface area contributed by atoms with E-state index in [2.05, 4.69) is 15.2 Å². The van der Waals surface area contributed by atoms with Gasteiger partial charge in [0, 0.05) is 50.6 Å². The molecule has 0 saturated carbocycles. The van der Waals surface area contributed by atoms with Crippen LogP contribution in [0.25, 0.3) is 11.0 Å². The summed E-state index contributed by atoms with van der Waals surface area (Å²) < 4.78 is 34.0. The van der Waals surface area contributed by atoms with E-state index in [0.717, 1.165) is 37.4 Å². The number of benzene rings is 1. The van der Waals surface area contributed by atoms with Gasteiger partial charge in [-0.05, 0) is 24.3 Å². The van der Waals surface area contributed by atoms with Crippen LogP contribution in [0, 0.1) is 0 Å². The number of anilines is 1. The number of nitrogens with one attached hydrogen (secondary N) is 1. The van der Waals surface area contributed by atoms with Crippen LogP contribution in [0.3, 0.4) is 0 Å².